The van der Waals surface area contributed by atoms with Gasteiger partial charge >= 0.3 is 6.18 Å². The fourth-order valence-electron chi connectivity index (χ4n) is 5.97. The summed E-state index contributed by atoms with van der Waals surface area (Å²) in [6.07, 6.45) is 3.93. The molecule has 3 aromatic rings. The van der Waals surface area contributed by atoms with Crippen molar-refractivity contribution in [3.63, 3.8) is 0 Å². The van der Waals surface area contributed by atoms with Crippen LogP contribution in [0.4, 0.5) is 13.2 Å². The zero-order chi connectivity index (χ0) is 32.6. The van der Waals surface area contributed by atoms with E-state index in [9.17, 15) is 18.0 Å². The monoisotopic (exact) mass is 638 g/mol. The van der Waals surface area contributed by atoms with Crippen LogP contribution in [0.1, 0.15) is 80.3 Å². The molecule has 0 aliphatic heterocycles. The van der Waals surface area contributed by atoms with Gasteiger partial charge in [-0.2, -0.15) is 18.4 Å². The van der Waals surface area contributed by atoms with Crippen molar-refractivity contribution in [2.24, 2.45) is 17.6 Å². The molecule has 240 valence electrons. The molecule has 0 spiro atoms. The predicted octanol–water partition coefficient (Wildman–Crippen LogP) is 6.59. The molecule has 1 aliphatic rings. The van der Waals surface area contributed by atoms with E-state index in [0.717, 1.165) is 55.5 Å². The van der Waals surface area contributed by atoms with Gasteiger partial charge in [-0.25, -0.2) is 4.98 Å². The molecule has 1 unspecified atom stereocenters. The molecule has 0 radical (unpaired) electrons. The summed E-state index contributed by atoms with van der Waals surface area (Å²) in [6, 6.07) is 14.7. The minimum atomic E-state index is -4.49. The molecule has 4 rings (SSSR count). The average molecular weight is 639 g/mol. The summed E-state index contributed by atoms with van der Waals surface area (Å²) in [4.78, 5) is 20.1. The normalized spacial score (nSPS) is 15.9. The van der Waals surface area contributed by atoms with Crippen LogP contribution in [0.3, 0.4) is 0 Å². The quantitative estimate of drug-likeness (QED) is 0.171. The van der Waals surface area contributed by atoms with E-state index in [1.807, 2.05) is 30.5 Å². The number of alkyl halides is 3. The summed E-state index contributed by atoms with van der Waals surface area (Å²) in [7, 11) is 0. The van der Waals surface area contributed by atoms with Gasteiger partial charge in [0.2, 0.25) is 0 Å². The lowest BCUT2D eigenvalue weighted by Crippen LogP contribution is -2.57. The molecule has 0 saturated heterocycles. The van der Waals surface area contributed by atoms with E-state index in [0.29, 0.717) is 29.2 Å². The first-order chi connectivity index (χ1) is 21.5. The first kappa shape index (κ1) is 34.1. The summed E-state index contributed by atoms with van der Waals surface area (Å²) in [5.74, 6) is -0.859. The third kappa shape index (κ3) is 9.14. The van der Waals surface area contributed by atoms with Gasteiger partial charge in [0.15, 0.2) is 5.11 Å². The fraction of sp³-hybridized carbons (Fsp3) is 0.471. The Balaban J connectivity index is 1.59. The fourth-order valence-corrected chi connectivity index (χ4v) is 6.32. The van der Waals surface area contributed by atoms with Gasteiger partial charge in [0.1, 0.15) is 5.78 Å². The average Bonchev–Trinajstić information content (AvgIpc) is 3.46. The molecular formula is C34H41F3N6OS. The Bertz CT molecular complexity index is 1480. The number of nitrogens with one attached hydrogen (secondary N) is 1. The Morgan fingerprint density at radius 1 is 1.18 bits per heavy atom. The lowest BCUT2D eigenvalue weighted by molar-refractivity contribution is -0.137. The number of imidazole rings is 1. The lowest BCUT2D eigenvalue weighted by Gasteiger charge is -2.39. The number of halogens is 3. The number of ketones is 1. The van der Waals surface area contributed by atoms with Crippen LogP contribution in [-0.2, 0) is 30.5 Å². The number of carbonyl (C=O) groups excluding carboxylic acids is 1. The van der Waals surface area contributed by atoms with Crippen LogP contribution in [0.2, 0.25) is 0 Å². The van der Waals surface area contributed by atoms with Gasteiger partial charge in [-0.3, -0.25) is 4.79 Å². The van der Waals surface area contributed by atoms with E-state index < -0.39 is 23.8 Å². The second kappa shape index (κ2) is 15.5. The molecule has 45 heavy (non-hydrogen) atoms. The van der Waals surface area contributed by atoms with Gasteiger partial charge in [0.25, 0.3) is 0 Å². The zero-order valence-electron chi connectivity index (χ0n) is 25.8. The van der Waals surface area contributed by atoms with E-state index in [-0.39, 0.29) is 30.7 Å². The molecule has 11 heteroatoms. The van der Waals surface area contributed by atoms with Crippen molar-refractivity contribution in [3.8, 4) is 6.07 Å². The molecule has 1 saturated carbocycles. The van der Waals surface area contributed by atoms with E-state index in [1.54, 1.807) is 35.6 Å². The largest absolute Gasteiger partial charge is 0.416 e. The highest BCUT2D eigenvalue weighted by molar-refractivity contribution is 7.80. The summed E-state index contributed by atoms with van der Waals surface area (Å²) < 4.78 is 42.6. The number of rotatable bonds is 12. The topological polar surface area (TPSA) is 100.0 Å². The molecule has 0 bridgehead atoms. The van der Waals surface area contributed by atoms with Crippen molar-refractivity contribution in [1.29, 1.82) is 5.26 Å². The maximum absolute atomic E-state index is 14.1. The maximum atomic E-state index is 14.1. The van der Waals surface area contributed by atoms with Crippen LogP contribution in [0.25, 0.3) is 0 Å². The highest BCUT2D eigenvalue weighted by Gasteiger charge is 2.36. The van der Waals surface area contributed by atoms with Gasteiger partial charge in [-0.15, -0.1) is 0 Å². The van der Waals surface area contributed by atoms with Gasteiger partial charge in [0, 0.05) is 37.4 Å². The van der Waals surface area contributed by atoms with Gasteiger partial charge in [-0.05, 0) is 66.4 Å². The number of nitrogens with zero attached hydrogens (tertiary/aromatic N) is 4. The minimum Gasteiger partial charge on any atom is -0.360 e. The lowest BCUT2D eigenvalue weighted by atomic mass is 9.83. The number of carbonyl (C=O) groups is 1. The van der Waals surface area contributed by atoms with Gasteiger partial charge in [0.05, 0.1) is 35.6 Å². The molecule has 1 heterocycles. The summed E-state index contributed by atoms with van der Waals surface area (Å²) in [5.41, 5.74) is 8.85. The van der Waals surface area contributed by atoms with Crippen molar-refractivity contribution in [2.45, 2.75) is 90.3 Å². The third-order valence-corrected chi connectivity index (χ3v) is 9.10. The van der Waals surface area contributed by atoms with Crippen LogP contribution in [0.15, 0.2) is 61.1 Å². The van der Waals surface area contributed by atoms with Gasteiger partial charge < -0.3 is 20.5 Å². The van der Waals surface area contributed by atoms with Crippen LogP contribution in [0.5, 0.6) is 0 Å². The Labute approximate surface area is 268 Å². The van der Waals surface area contributed by atoms with Crippen molar-refractivity contribution in [2.75, 3.05) is 0 Å². The van der Waals surface area contributed by atoms with Crippen LogP contribution >= 0.6 is 12.2 Å². The van der Waals surface area contributed by atoms with Crippen LogP contribution < -0.4 is 11.1 Å². The highest BCUT2D eigenvalue weighted by atomic mass is 32.1. The van der Waals surface area contributed by atoms with E-state index in [2.05, 4.69) is 16.4 Å². The highest BCUT2D eigenvalue weighted by Crippen LogP contribution is 2.31. The second-order valence-electron chi connectivity index (χ2n) is 12.0. The summed E-state index contributed by atoms with van der Waals surface area (Å²) >= 11 is 5.86. The number of thiocarbonyl (C=S) groups is 1. The van der Waals surface area contributed by atoms with Crippen molar-refractivity contribution < 1.29 is 18.0 Å². The number of aromatic nitrogens is 2. The number of nitriles is 1. The van der Waals surface area contributed by atoms with Crippen LogP contribution in [-0.4, -0.2) is 37.6 Å². The number of benzene rings is 2. The Kier molecular flexibility index (Phi) is 11.8. The van der Waals surface area contributed by atoms with Crippen molar-refractivity contribution in [3.05, 3.63) is 89.0 Å². The number of nitrogens with two attached hydrogens (primary N) is 1. The summed E-state index contributed by atoms with van der Waals surface area (Å²) in [6.45, 7) is 4.46. The first-order valence-corrected chi connectivity index (χ1v) is 15.9. The number of hydrogen-bond donors (Lipinski definition) is 2. The molecule has 3 N–H and O–H groups in total. The van der Waals surface area contributed by atoms with Crippen molar-refractivity contribution >= 4 is 23.1 Å². The van der Waals surface area contributed by atoms with E-state index in [4.69, 9.17) is 23.2 Å². The molecule has 0 amide bonds. The molecule has 3 atom stereocenters. The Morgan fingerprint density at radius 3 is 2.53 bits per heavy atom. The Morgan fingerprint density at radius 2 is 1.89 bits per heavy atom. The van der Waals surface area contributed by atoms with Crippen molar-refractivity contribution in [1.82, 2.24) is 19.8 Å². The third-order valence-electron chi connectivity index (χ3n) is 8.75. The SMILES string of the molecule is CC[C@H](C)[C@H](C(=O)Cc1cncn1Cc1ccc(C#N)cc1)C(N)N(Cc1cccc(C(F)(F)F)c1)C(=S)NC1CCCCC1. The molecule has 1 aliphatic carbocycles. The molecule has 1 fully saturated rings. The molecule has 7 nitrogen and oxygen atoms in total. The maximum Gasteiger partial charge on any atom is 0.416 e. The smallest absolute Gasteiger partial charge is 0.360 e. The summed E-state index contributed by atoms with van der Waals surface area (Å²) in [5, 5.41) is 12.9. The number of hydrogen-bond acceptors (Lipinski definition) is 5. The predicted molar refractivity (Wildman–Crippen MR) is 172 cm³/mol. The van der Waals surface area contributed by atoms with E-state index >= 15 is 0 Å². The number of Topliss-reactive ketones (excluding diaryl/α,β-unsaturated/α-hetero) is 1. The Hall–Kier alpha value is -3.75. The van der Waals surface area contributed by atoms with E-state index in [1.165, 1.54) is 6.07 Å². The minimum absolute atomic E-state index is 0.0283. The van der Waals surface area contributed by atoms with Gasteiger partial charge in [-0.1, -0.05) is 63.8 Å². The second-order valence-corrected chi connectivity index (χ2v) is 12.4. The molecule has 2 aromatic carbocycles. The first-order valence-electron chi connectivity index (χ1n) is 15.5. The standard InChI is InChI=1S/C34H41F3N6OS/c1-3-23(2)31(30(44)17-29-19-40-22-42(29)20-25-14-12-24(18-38)13-15-25)32(39)43(33(45)41-28-10-5-4-6-11-28)21-26-8-7-9-27(16-26)34(35,36)37/h7-9,12-16,19,22-23,28,31-32H,3-6,10-11,17,20-21,39H2,1-2H3,(H,41,45)/t23-,31+,32?/m0/s1. The van der Waals surface area contributed by atoms with Crippen LogP contribution in [0, 0.1) is 23.2 Å². The molecular weight excluding hydrogens is 597 g/mol. The molecule has 1 aromatic heterocycles. The zero-order valence-corrected chi connectivity index (χ0v) is 26.6.